The molecule has 0 aromatic heterocycles. The van der Waals surface area contributed by atoms with Crippen LogP contribution < -0.4 is 5.73 Å². The summed E-state index contributed by atoms with van der Waals surface area (Å²) in [5.74, 6) is 1.37. The fourth-order valence-electron chi connectivity index (χ4n) is 2.62. The van der Waals surface area contributed by atoms with Crippen molar-refractivity contribution in [3.63, 3.8) is 0 Å². The van der Waals surface area contributed by atoms with Crippen LogP contribution in [0.1, 0.15) is 24.5 Å². The molecule has 0 amide bonds. The first-order chi connectivity index (χ1) is 8.72. The molecule has 1 heterocycles. The van der Waals surface area contributed by atoms with Crippen molar-refractivity contribution in [2.24, 2.45) is 17.6 Å². The first kappa shape index (κ1) is 13.1. The fraction of sp³-hybridized carbons (Fsp3) is 0.533. The minimum atomic E-state index is 0.622. The van der Waals surface area contributed by atoms with Gasteiger partial charge in [0.15, 0.2) is 0 Å². The monoisotopic (exact) mass is 243 g/mol. The van der Waals surface area contributed by atoms with Gasteiger partial charge in [0.1, 0.15) is 0 Å². The second-order valence-corrected chi connectivity index (χ2v) is 5.31. The molecule has 3 nitrogen and oxygen atoms in total. The van der Waals surface area contributed by atoms with Crippen LogP contribution in [0.3, 0.4) is 0 Å². The Morgan fingerprint density at radius 2 is 2.11 bits per heavy atom. The Kier molecular flexibility index (Phi) is 4.35. The molecule has 2 N–H and O–H groups in total. The Hall–Kier alpha value is -1.37. The molecule has 3 heteroatoms. The molecular weight excluding hydrogens is 222 g/mol. The maximum absolute atomic E-state index is 8.77. The predicted octanol–water partition coefficient (Wildman–Crippen LogP) is 1.97. The van der Waals surface area contributed by atoms with Crippen molar-refractivity contribution >= 4 is 0 Å². The van der Waals surface area contributed by atoms with Gasteiger partial charge in [-0.1, -0.05) is 19.1 Å². The van der Waals surface area contributed by atoms with Gasteiger partial charge in [0.25, 0.3) is 0 Å². The van der Waals surface area contributed by atoms with Gasteiger partial charge in [-0.05, 0) is 49.0 Å². The van der Waals surface area contributed by atoms with E-state index in [1.165, 1.54) is 12.0 Å². The molecule has 1 fully saturated rings. The summed E-state index contributed by atoms with van der Waals surface area (Å²) in [4.78, 5) is 2.47. The number of rotatable bonds is 3. The normalized spacial score (nSPS) is 24.7. The smallest absolute Gasteiger partial charge is 0.0991 e. The molecular formula is C15H21N3. The van der Waals surface area contributed by atoms with Crippen molar-refractivity contribution in [1.29, 1.82) is 5.26 Å². The molecule has 0 aliphatic carbocycles. The Morgan fingerprint density at radius 3 is 2.72 bits per heavy atom. The third kappa shape index (κ3) is 3.10. The zero-order chi connectivity index (χ0) is 13.0. The van der Waals surface area contributed by atoms with E-state index in [1.54, 1.807) is 0 Å². The lowest BCUT2D eigenvalue weighted by Gasteiger charge is -2.36. The van der Waals surface area contributed by atoms with Gasteiger partial charge in [-0.25, -0.2) is 0 Å². The second kappa shape index (κ2) is 5.99. The maximum atomic E-state index is 8.77. The minimum absolute atomic E-state index is 0.622. The largest absolute Gasteiger partial charge is 0.330 e. The molecule has 2 unspecified atom stereocenters. The van der Waals surface area contributed by atoms with E-state index in [0.29, 0.717) is 5.92 Å². The lowest BCUT2D eigenvalue weighted by atomic mass is 9.87. The van der Waals surface area contributed by atoms with E-state index in [-0.39, 0.29) is 0 Å². The SMILES string of the molecule is CC1CCN(Cc2ccc(C#N)cc2)CC1CN. The van der Waals surface area contributed by atoms with E-state index in [1.807, 2.05) is 24.3 Å². The average molecular weight is 243 g/mol. The highest BCUT2D eigenvalue weighted by atomic mass is 15.1. The summed E-state index contributed by atoms with van der Waals surface area (Å²) in [5, 5.41) is 8.77. The van der Waals surface area contributed by atoms with Gasteiger partial charge in [-0.2, -0.15) is 5.26 Å². The molecule has 18 heavy (non-hydrogen) atoms. The van der Waals surface area contributed by atoms with Crippen molar-refractivity contribution < 1.29 is 0 Å². The fourth-order valence-corrected chi connectivity index (χ4v) is 2.62. The summed E-state index contributed by atoms with van der Waals surface area (Å²) >= 11 is 0. The van der Waals surface area contributed by atoms with Crippen LogP contribution >= 0.6 is 0 Å². The van der Waals surface area contributed by atoms with Gasteiger partial charge in [0.05, 0.1) is 11.6 Å². The maximum Gasteiger partial charge on any atom is 0.0991 e. The van der Waals surface area contributed by atoms with Gasteiger partial charge >= 0.3 is 0 Å². The highest BCUT2D eigenvalue weighted by molar-refractivity contribution is 5.31. The molecule has 2 atom stereocenters. The van der Waals surface area contributed by atoms with Crippen molar-refractivity contribution in [2.45, 2.75) is 19.9 Å². The molecule has 1 saturated heterocycles. The highest BCUT2D eigenvalue weighted by Crippen LogP contribution is 2.23. The zero-order valence-corrected chi connectivity index (χ0v) is 11.0. The van der Waals surface area contributed by atoms with Gasteiger partial charge in [-0.15, -0.1) is 0 Å². The lowest BCUT2D eigenvalue weighted by Crippen LogP contribution is -2.42. The Labute approximate surface area is 109 Å². The zero-order valence-electron chi connectivity index (χ0n) is 11.0. The Morgan fingerprint density at radius 1 is 1.39 bits per heavy atom. The number of piperidine rings is 1. The molecule has 1 aliphatic rings. The quantitative estimate of drug-likeness (QED) is 0.883. The highest BCUT2D eigenvalue weighted by Gasteiger charge is 2.24. The number of nitrogens with zero attached hydrogens (tertiary/aromatic N) is 2. The number of benzene rings is 1. The standard InChI is InChI=1S/C15H21N3/c1-12-6-7-18(11-15(12)9-17)10-14-4-2-13(8-16)3-5-14/h2-5,12,15H,6-7,9-11,17H2,1H3. The molecule has 1 aliphatic heterocycles. The number of hydrogen-bond donors (Lipinski definition) is 1. The number of hydrogen-bond acceptors (Lipinski definition) is 3. The van der Waals surface area contributed by atoms with Crippen LogP contribution in [0.4, 0.5) is 0 Å². The summed E-state index contributed by atoms with van der Waals surface area (Å²) in [6.07, 6.45) is 1.23. The third-order valence-electron chi connectivity index (χ3n) is 3.99. The summed E-state index contributed by atoms with van der Waals surface area (Å²) in [5.41, 5.74) is 7.83. The summed E-state index contributed by atoms with van der Waals surface area (Å²) in [6.45, 7) is 6.30. The first-order valence-electron chi connectivity index (χ1n) is 6.64. The van der Waals surface area contributed by atoms with Crippen LogP contribution in [0.25, 0.3) is 0 Å². The second-order valence-electron chi connectivity index (χ2n) is 5.31. The molecule has 1 aromatic carbocycles. The van der Waals surface area contributed by atoms with Crippen LogP contribution in [0.15, 0.2) is 24.3 Å². The predicted molar refractivity (Wildman–Crippen MR) is 72.8 cm³/mol. The van der Waals surface area contributed by atoms with Crippen LogP contribution in [-0.2, 0) is 6.54 Å². The van der Waals surface area contributed by atoms with Crippen LogP contribution in [0.5, 0.6) is 0 Å². The van der Waals surface area contributed by atoms with Gasteiger partial charge in [-0.3, -0.25) is 4.90 Å². The Bertz CT molecular complexity index is 418. The summed E-state index contributed by atoms with van der Waals surface area (Å²) < 4.78 is 0. The van der Waals surface area contributed by atoms with Crippen molar-refractivity contribution in [3.8, 4) is 6.07 Å². The topological polar surface area (TPSA) is 53.0 Å². The molecule has 2 rings (SSSR count). The van der Waals surface area contributed by atoms with Crippen LogP contribution in [0, 0.1) is 23.2 Å². The molecule has 0 saturated carbocycles. The molecule has 0 spiro atoms. The van der Waals surface area contributed by atoms with Crippen molar-refractivity contribution in [1.82, 2.24) is 4.90 Å². The first-order valence-corrected chi connectivity index (χ1v) is 6.64. The van der Waals surface area contributed by atoms with Crippen molar-refractivity contribution in [3.05, 3.63) is 35.4 Å². The van der Waals surface area contributed by atoms with Gasteiger partial charge in [0.2, 0.25) is 0 Å². The van der Waals surface area contributed by atoms with E-state index in [0.717, 1.165) is 37.7 Å². The summed E-state index contributed by atoms with van der Waals surface area (Å²) in [7, 11) is 0. The van der Waals surface area contributed by atoms with Crippen LogP contribution in [-0.4, -0.2) is 24.5 Å². The number of likely N-dealkylation sites (tertiary alicyclic amines) is 1. The van der Waals surface area contributed by atoms with E-state index >= 15 is 0 Å². The average Bonchev–Trinajstić information content (AvgIpc) is 2.42. The Balaban J connectivity index is 1.95. The van der Waals surface area contributed by atoms with E-state index in [4.69, 9.17) is 11.0 Å². The van der Waals surface area contributed by atoms with E-state index in [2.05, 4.69) is 17.9 Å². The van der Waals surface area contributed by atoms with Crippen LogP contribution in [0.2, 0.25) is 0 Å². The molecule has 0 radical (unpaired) electrons. The molecule has 0 bridgehead atoms. The lowest BCUT2D eigenvalue weighted by molar-refractivity contribution is 0.126. The minimum Gasteiger partial charge on any atom is -0.330 e. The molecule has 96 valence electrons. The number of nitriles is 1. The molecule has 1 aromatic rings. The number of nitrogens with two attached hydrogens (primary N) is 1. The van der Waals surface area contributed by atoms with E-state index in [9.17, 15) is 0 Å². The van der Waals surface area contributed by atoms with E-state index < -0.39 is 0 Å². The summed E-state index contributed by atoms with van der Waals surface area (Å²) in [6, 6.07) is 10.0. The van der Waals surface area contributed by atoms with Crippen molar-refractivity contribution in [2.75, 3.05) is 19.6 Å². The van der Waals surface area contributed by atoms with Gasteiger partial charge in [0, 0.05) is 13.1 Å². The third-order valence-corrected chi connectivity index (χ3v) is 3.99. The van der Waals surface area contributed by atoms with Gasteiger partial charge < -0.3 is 5.73 Å².